The van der Waals surface area contributed by atoms with Crippen LogP contribution in [0.4, 0.5) is 5.69 Å². The van der Waals surface area contributed by atoms with Crippen LogP contribution in [0.25, 0.3) is 0 Å². The topological polar surface area (TPSA) is 84.7 Å². The zero-order chi connectivity index (χ0) is 15.9. The molecule has 7 heteroatoms. The molecule has 1 N–H and O–H groups in total. The minimum Gasteiger partial charge on any atom is -0.486 e. The smallest absolute Gasteiger partial charge is 0.310 e. The SMILES string of the molecule is CNC1CCCN(C(=O)CCOc2ccccc2[N+](=O)[O-])C1. The van der Waals surface area contributed by atoms with Crippen LogP contribution >= 0.6 is 0 Å². The number of hydrogen-bond donors (Lipinski definition) is 1. The first-order valence-electron chi connectivity index (χ1n) is 7.43. The Balaban J connectivity index is 1.83. The Morgan fingerprint density at radius 3 is 3.00 bits per heavy atom. The molecule has 0 aliphatic carbocycles. The lowest BCUT2D eigenvalue weighted by Gasteiger charge is -2.32. The summed E-state index contributed by atoms with van der Waals surface area (Å²) >= 11 is 0. The van der Waals surface area contributed by atoms with Crippen LogP contribution in [0.2, 0.25) is 0 Å². The molecule has 7 nitrogen and oxygen atoms in total. The maximum Gasteiger partial charge on any atom is 0.310 e. The van der Waals surface area contributed by atoms with E-state index in [4.69, 9.17) is 4.74 Å². The van der Waals surface area contributed by atoms with Gasteiger partial charge in [-0.3, -0.25) is 14.9 Å². The van der Waals surface area contributed by atoms with Crippen molar-refractivity contribution in [3.63, 3.8) is 0 Å². The lowest BCUT2D eigenvalue weighted by molar-refractivity contribution is -0.385. The van der Waals surface area contributed by atoms with Gasteiger partial charge >= 0.3 is 5.69 Å². The molecule has 0 spiro atoms. The lowest BCUT2D eigenvalue weighted by Crippen LogP contribution is -2.47. The molecule has 2 rings (SSSR count). The monoisotopic (exact) mass is 307 g/mol. The van der Waals surface area contributed by atoms with Crippen molar-refractivity contribution < 1.29 is 14.5 Å². The Bertz CT molecular complexity index is 535. The summed E-state index contributed by atoms with van der Waals surface area (Å²) in [5.74, 6) is 0.227. The maximum absolute atomic E-state index is 12.2. The van der Waals surface area contributed by atoms with Crippen LogP contribution in [-0.2, 0) is 4.79 Å². The van der Waals surface area contributed by atoms with Crippen molar-refractivity contribution in [2.75, 3.05) is 26.7 Å². The van der Waals surface area contributed by atoms with Gasteiger partial charge in [0, 0.05) is 25.2 Å². The van der Waals surface area contributed by atoms with Crippen LogP contribution in [0.15, 0.2) is 24.3 Å². The van der Waals surface area contributed by atoms with Gasteiger partial charge in [0.05, 0.1) is 18.0 Å². The van der Waals surface area contributed by atoms with Crippen molar-refractivity contribution in [2.45, 2.75) is 25.3 Å². The molecule has 1 aromatic rings. The van der Waals surface area contributed by atoms with Gasteiger partial charge in [-0.2, -0.15) is 0 Å². The number of ether oxygens (including phenoxy) is 1. The first kappa shape index (κ1) is 16.2. The van der Waals surface area contributed by atoms with Gasteiger partial charge in [0.2, 0.25) is 5.91 Å². The Morgan fingerprint density at radius 2 is 2.27 bits per heavy atom. The van der Waals surface area contributed by atoms with Crippen LogP contribution in [0.5, 0.6) is 5.75 Å². The number of nitro groups is 1. The summed E-state index contributed by atoms with van der Waals surface area (Å²) in [6.45, 7) is 1.62. The van der Waals surface area contributed by atoms with Crippen molar-refractivity contribution in [3.8, 4) is 5.75 Å². The van der Waals surface area contributed by atoms with E-state index in [9.17, 15) is 14.9 Å². The van der Waals surface area contributed by atoms with E-state index in [1.165, 1.54) is 6.07 Å². The summed E-state index contributed by atoms with van der Waals surface area (Å²) in [4.78, 5) is 24.4. The van der Waals surface area contributed by atoms with Crippen LogP contribution in [0, 0.1) is 10.1 Å². The van der Waals surface area contributed by atoms with Gasteiger partial charge in [0.1, 0.15) is 0 Å². The van der Waals surface area contributed by atoms with E-state index >= 15 is 0 Å². The standard InChI is InChI=1S/C15H21N3O4/c1-16-12-5-4-9-17(11-12)15(19)8-10-22-14-7-3-2-6-13(14)18(20)21/h2-3,6-7,12,16H,4-5,8-11H2,1H3. The third kappa shape index (κ3) is 4.17. The summed E-state index contributed by atoms with van der Waals surface area (Å²) in [6.07, 6.45) is 2.29. The van der Waals surface area contributed by atoms with Crippen LogP contribution < -0.4 is 10.1 Å². The van der Waals surface area contributed by atoms with Gasteiger partial charge in [-0.25, -0.2) is 0 Å². The normalized spacial score (nSPS) is 18.0. The van der Waals surface area contributed by atoms with E-state index < -0.39 is 4.92 Å². The van der Waals surface area contributed by atoms with E-state index in [0.717, 1.165) is 19.4 Å². The van der Waals surface area contributed by atoms with E-state index in [0.29, 0.717) is 12.6 Å². The van der Waals surface area contributed by atoms with Crippen molar-refractivity contribution in [1.82, 2.24) is 10.2 Å². The zero-order valence-corrected chi connectivity index (χ0v) is 12.7. The predicted octanol–water partition coefficient (Wildman–Crippen LogP) is 1.57. The van der Waals surface area contributed by atoms with Gasteiger partial charge in [0.25, 0.3) is 0 Å². The summed E-state index contributed by atoms with van der Waals surface area (Å²) < 4.78 is 5.41. The maximum atomic E-state index is 12.2. The van der Waals surface area contributed by atoms with E-state index in [1.54, 1.807) is 18.2 Å². The molecule has 1 amide bonds. The summed E-state index contributed by atoms with van der Waals surface area (Å²) in [5, 5.41) is 14.1. The fraction of sp³-hybridized carbons (Fsp3) is 0.533. The van der Waals surface area contributed by atoms with Gasteiger partial charge in [-0.15, -0.1) is 0 Å². The minimum atomic E-state index is -0.487. The molecule has 0 radical (unpaired) electrons. The number of piperidine rings is 1. The average molecular weight is 307 g/mol. The molecule has 1 heterocycles. The molecule has 1 fully saturated rings. The molecule has 22 heavy (non-hydrogen) atoms. The van der Waals surface area contributed by atoms with Crippen LogP contribution in [0.3, 0.4) is 0 Å². The highest BCUT2D eigenvalue weighted by Crippen LogP contribution is 2.25. The lowest BCUT2D eigenvalue weighted by atomic mass is 10.1. The number of rotatable bonds is 6. The van der Waals surface area contributed by atoms with Crippen molar-refractivity contribution in [1.29, 1.82) is 0 Å². The number of benzene rings is 1. The average Bonchev–Trinajstić information content (AvgIpc) is 2.55. The number of nitro benzene ring substituents is 1. The highest BCUT2D eigenvalue weighted by Gasteiger charge is 2.22. The molecule has 0 aromatic heterocycles. The second-order valence-electron chi connectivity index (χ2n) is 5.29. The van der Waals surface area contributed by atoms with Crippen molar-refractivity contribution in [2.24, 2.45) is 0 Å². The number of amides is 1. The van der Waals surface area contributed by atoms with Gasteiger partial charge < -0.3 is 15.0 Å². The molecule has 1 atom stereocenters. The Kier molecular flexibility index (Phi) is 5.71. The predicted molar refractivity (Wildman–Crippen MR) is 81.9 cm³/mol. The van der Waals surface area contributed by atoms with E-state index in [2.05, 4.69) is 5.32 Å². The molecule has 1 aliphatic rings. The van der Waals surface area contributed by atoms with Crippen molar-refractivity contribution in [3.05, 3.63) is 34.4 Å². The van der Waals surface area contributed by atoms with E-state index in [1.807, 2.05) is 11.9 Å². The molecule has 0 saturated carbocycles. The molecule has 1 saturated heterocycles. The Hall–Kier alpha value is -2.15. The molecule has 1 aromatic carbocycles. The fourth-order valence-corrected chi connectivity index (χ4v) is 2.58. The number of para-hydroxylation sites is 2. The van der Waals surface area contributed by atoms with Gasteiger partial charge in [-0.1, -0.05) is 12.1 Å². The Labute approximate surface area is 129 Å². The number of hydrogen-bond acceptors (Lipinski definition) is 5. The molecule has 120 valence electrons. The second kappa shape index (κ2) is 7.74. The molecule has 1 unspecified atom stereocenters. The summed E-state index contributed by atoms with van der Waals surface area (Å²) in [5.41, 5.74) is -0.0804. The number of likely N-dealkylation sites (N-methyl/N-ethyl adjacent to an activating group) is 1. The molecule has 0 bridgehead atoms. The zero-order valence-electron chi connectivity index (χ0n) is 12.7. The highest BCUT2D eigenvalue weighted by atomic mass is 16.6. The first-order valence-corrected chi connectivity index (χ1v) is 7.43. The number of likely N-dealkylation sites (tertiary alicyclic amines) is 1. The summed E-state index contributed by atoms with van der Waals surface area (Å²) in [7, 11) is 1.90. The Morgan fingerprint density at radius 1 is 1.50 bits per heavy atom. The van der Waals surface area contributed by atoms with Crippen LogP contribution in [0.1, 0.15) is 19.3 Å². The molecular weight excluding hydrogens is 286 g/mol. The first-order chi connectivity index (χ1) is 10.6. The third-order valence-corrected chi connectivity index (χ3v) is 3.82. The number of nitrogens with one attached hydrogen (secondary N) is 1. The fourth-order valence-electron chi connectivity index (χ4n) is 2.58. The minimum absolute atomic E-state index is 0.0264. The third-order valence-electron chi connectivity index (χ3n) is 3.82. The number of carbonyl (C=O) groups excluding carboxylic acids is 1. The van der Waals surface area contributed by atoms with Gasteiger partial charge in [0.15, 0.2) is 5.75 Å². The quantitative estimate of drug-likeness (QED) is 0.637. The largest absolute Gasteiger partial charge is 0.486 e. The number of carbonyl (C=O) groups is 1. The molecular formula is C15H21N3O4. The summed E-state index contributed by atoms with van der Waals surface area (Å²) in [6, 6.07) is 6.53. The van der Waals surface area contributed by atoms with E-state index in [-0.39, 0.29) is 30.4 Å². The highest BCUT2D eigenvalue weighted by molar-refractivity contribution is 5.76. The van der Waals surface area contributed by atoms with Gasteiger partial charge in [-0.05, 0) is 26.0 Å². The number of nitrogens with zero attached hydrogens (tertiary/aromatic N) is 2. The second-order valence-corrected chi connectivity index (χ2v) is 5.29. The molecule has 1 aliphatic heterocycles. The van der Waals surface area contributed by atoms with Crippen LogP contribution in [-0.4, -0.2) is 48.5 Å². The van der Waals surface area contributed by atoms with Crippen molar-refractivity contribution >= 4 is 11.6 Å².